The van der Waals surface area contributed by atoms with Gasteiger partial charge in [-0.1, -0.05) is 146 Å². The Morgan fingerprint density at radius 2 is 0.768 bits per heavy atom. The third kappa shape index (κ3) is 38.1. The molecule has 0 spiro atoms. The molecule has 0 radical (unpaired) electrons. The second-order valence-electron chi connectivity index (χ2n) is 36.0. The molecular weight excluding hydrogens is 1920 g/mol. The summed E-state index contributed by atoms with van der Waals surface area (Å²) < 4.78 is 154. The zero-order valence-corrected chi connectivity index (χ0v) is 83.9. The van der Waals surface area contributed by atoms with E-state index in [1.807, 2.05) is 139 Å². The Morgan fingerprint density at radius 1 is 0.444 bits per heavy atom. The van der Waals surface area contributed by atoms with Crippen LogP contribution in [0, 0.1) is 54.0 Å². The van der Waals surface area contributed by atoms with E-state index >= 15 is 0 Å². The first-order valence-electron chi connectivity index (χ1n) is 47.3. The number of rotatable bonds is 51. The van der Waals surface area contributed by atoms with Gasteiger partial charge in [0.25, 0.3) is 17.1 Å². The largest absolute Gasteiger partial charge is 0.459 e. The fourth-order valence-corrected chi connectivity index (χ4v) is 20.7. The third-order valence-electron chi connectivity index (χ3n) is 22.9. The minimum absolute atomic E-state index is 0.00683. The van der Waals surface area contributed by atoms with Gasteiger partial charge in [-0.05, 0) is 122 Å². The minimum atomic E-state index is -4.31. The van der Waals surface area contributed by atoms with Gasteiger partial charge in [0.1, 0.15) is 42.7 Å². The maximum Gasteiger partial charge on any atom is 0.407 e. The Hall–Kier alpha value is -11.3. The number of aliphatic hydroxyl groups excluding tert-OH is 2. The van der Waals surface area contributed by atoms with Crippen LogP contribution in [0.3, 0.4) is 0 Å². The molecule has 4 fully saturated rings. The van der Waals surface area contributed by atoms with E-state index < -0.39 is 166 Å². The molecule has 0 aliphatic carbocycles. The van der Waals surface area contributed by atoms with Crippen LogP contribution in [0.4, 0.5) is 31.4 Å². The van der Waals surface area contributed by atoms with Gasteiger partial charge >= 0.3 is 42.2 Å². The van der Waals surface area contributed by atoms with Crippen molar-refractivity contribution in [1.29, 1.82) is 0 Å². The first-order chi connectivity index (χ1) is 67.5. The van der Waals surface area contributed by atoms with Crippen LogP contribution >= 0.6 is 0 Å². The molecule has 10 rings (SSSR count). The average Bonchev–Trinajstić information content (AvgIpc) is 0.901. The zero-order valence-electron chi connectivity index (χ0n) is 81.5. The highest BCUT2D eigenvalue weighted by Gasteiger charge is 2.48. The van der Waals surface area contributed by atoms with E-state index in [0.29, 0.717) is 77.8 Å². The van der Waals surface area contributed by atoms with E-state index in [4.69, 9.17) is 61.9 Å². The van der Waals surface area contributed by atoms with Gasteiger partial charge in [0.2, 0.25) is 30.1 Å². The Labute approximate surface area is 827 Å². The number of amides is 3. The molecule has 45 heteroatoms. The molecule has 3 amide bonds. The summed E-state index contributed by atoms with van der Waals surface area (Å²) in [6.07, 6.45) is -6.29. The minimum Gasteiger partial charge on any atom is -0.459 e. The number of hydrogen-bond donors (Lipinski definition) is 5. The van der Waals surface area contributed by atoms with E-state index in [0.717, 1.165) is 86.0 Å². The van der Waals surface area contributed by atoms with Gasteiger partial charge in [-0.2, -0.15) is 12.9 Å². The normalized spacial score (nSPS) is 19.3. The van der Waals surface area contributed by atoms with Crippen LogP contribution in [-0.4, -0.2) is 277 Å². The molecule has 2 unspecified atom stereocenters. The van der Waals surface area contributed by atoms with Crippen molar-refractivity contribution < 1.29 is 141 Å². The van der Waals surface area contributed by atoms with Crippen LogP contribution < -0.4 is 16.0 Å². The second-order valence-corrected chi connectivity index (χ2v) is 41.8. The molecule has 0 saturated carbocycles. The lowest BCUT2D eigenvalue weighted by Gasteiger charge is -2.44. The van der Waals surface area contributed by atoms with E-state index in [9.17, 15) is 94.3 Å². The van der Waals surface area contributed by atoms with Crippen LogP contribution in [0.2, 0.25) is 0 Å². The molecule has 4 aliphatic heterocycles. The predicted octanol–water partition coefficient (Wildman–Crippen LogP) is 11.3. The maximum atomic E-state index is 14.2. The molecule has 6 aromatic rings. The van der Waals surface area contributed by atoms with Crippen LogP contribution in [0.1, 0.15) is 150 Å². The molecule has 4 saturated heterocycles. The molecule has 782 valence electrons. The predicted molar refractivity (Wildman–Crippen MR) is 514 cm³/mol. The highest BCUT2D eigenvalue weighted by Crippen LogP contribution is 2.35. The highest BCUT2D eigenvalue weighted by molar-refractivity contribution is 7.89. The lowest BCUT2D eigenvalue weighted by molar-refractivity contribution is -0.385. The van der Waals surface area contributed by atoms with Crippen molar-refractivity contribution in [3.05, 3.63) is 211 Å². The summed E-state index contributed by atoms with van der Waals surface area (Å²) in [7, 11) is -12.6. The standard InChI is InChI=1S/C42H59N3O15S.C30H41N3O10S.C25H33N3O8S/c1-7-36-40(57-30(6)47)39(56-29(5)46)28(4)41(60-36)55-21-12-11-15-38(48)59-37(25-44(24-27(2)3)61(52,53)34-18-16-32(17-19-34)45(50)51)35(23-31-13-9-8-10-14-31)43-42(49)58-33-20-22-54-26-33;1-22(2)19-32(44(39,40)26-13-11-24(12-14-26)33(37)38)20-28(43-29(35)10-6-7-16-34)27(18-23-8-4-3-5-9-23)31-30(36)42-25-15-17-41-21-25;1-18(2)15-27(37(33,34)22-10-8-20(9-11-22)28(31)32)16-24(29)23(14-19-6-4-3-5-7-19)26-25(30)36-21-12-13-35-17-21/h8-10,13-14,16-19,27-28,33,35-37,39-41H,7,11-12,15,20-26H2,1-6H3,(H,43,49);3-5,8-9,11-14,22,25,27-28,34H,6-7,10,15-21H2,1-2H3,(H,31,36);3-11,18,21,23-24,29H,12-17H2,1-2H3,(H,26,30)/t28?,33-,35-,36?,37+,39+,40+,41+;25-,27-,28+;21-,23-,24+/m000/s1. The number of esters is 4. The molecular formula is C97H133N9O33S3. The van der Waals surface area contributed by atoms with Crippen molar-refractivity contribution in [2.75, 3.05) is 92.1 Å². The van der Waals surface area contributed by atoms with E-state index in [2.05, 4.69) is 16.0 Å². The number of nitrogens with zero attached hydrogens (tertiary/aromatic N) is 6. The molecule has 142 heavy (non-hydrogen) atoms. The molecule has 14 atom stereocenters. The summed E-state index contributed by atoms with van der Waals surface area (Å²) in [6, 6.07) is 38.4. The Kier molecular flexibility index (Phi) is 47.2. The summed E-state index contributed by atoms with van der Waals surface area (Å²) in [5, 5.41) is 62.1. The number of nitrogens with one attached hydrogen (secondary N) is 3. The number of carbonyl (C=O) groups is 7. The summed E-state index contributed by atoms with van der Waals surface area (Å²) in [5.41, 5.74) is 1.64. The highest BCUT2D eigenvalue weighted by atomic mass is 32.2. The lowest BCUT2D eigenvalue weighted by Crippen LogP contribution is -2.57. The summed E-state index contributed by atoms with van der Waals surface area (Å²) in [4.78, 5) is 121. The topological polar surface area (TPSA) is 548 Å². The molecule has 4 heterocycles. The van der Waals surface area contributed by atoms with Crippen molar-refractivity contribution >= 4 is 89.3 Å². The number of benzene rings is 6. The summed E-state index contributed by atoms with van der Waals surface area (Å²) in [6.45, 7) is 18.5. The van der Waals surface area contributed by atoms with Crippen molar-refractivity contribution in [2.24, 2.45) is 23.7 Å². The number of hydrogen-bond acceptors (Lipinski definition) is 33. The number of alkyl carbamates (subject to hydrolysis) is 3. The van der Waals surface area contributed by atoms with Gasteiger partial charge in [-0.25, -0.2) is 39.6 Å². The second kappa shape index (κ2) is 57.8. The summed E-state index contributed by atoms with van der Waals surface area (Å²) in [5.74, 6) is -3.27. The number of nitro benzene ring substituents is 3. The zero-order chi connectivity index (χ0) is 104. The molecule has 0 bridgehead atoms. The smallest absolute Gasteiger partial charge is 0.407 e. The van der Waals surface area contributed by atoms with Gasteiger partial charge in [-0.3, -0.25) is 49.5 Å². The molecule has 6 aromatic carbocycles. The molecule has 5 N–H and O–H groups in total. The van der Waals surface area contributed by atoms with Gasteiger partial charge in [0.05, 0.1) is 106 Å². The number of ether oxygens (including phenoxy) is 12. The fourth-order valence-electron chi connectivity index (χ4n) is 15.9. The van der Waals surface area contributed by atoms with Gasteiger partial charge < -0.3 is 83.0 Å². The van der Waals surface area contributed by atoms with Crippen molar-refractivity contribution in [1.82, 2.24) is 28.9 Å². The average molecular weight is 2050 g/mol. The first-order valence-corrected chi connectivity index (χ1v) is 51.6. The third-order valence-corrected chi connectivity index (χ3v) is 28.5. The Bertz CT molecular complexity index is 5340. The van der Waals surface area contributed by atoms with Crippen LogP contribution in [0.15, 0.2) is 178 Å². The van der Waals surface area contributed by atoms with E-state index in [-0.39, 0.29) is 153 Å². The van der Waals surface area contributed by atoms with Gasteiger partial charge in [0.15, 0.2) is 12.4 Å². The molecule has 0 aromatic heterocycles. The van der Waals surface area contributed by atoms with Crippen LogP contribution in [-0.2, 0) is 125 Å². The monoisotopic (exact) mass is 2050 g/mol. The number of sulfonamides is 3. The summed E-state index contributed by atoms with van der Waals surface area (Å²) >= 11 is 0. The number of nitro groups is 3. The Morgan fingerprint density at radius 3 is 1.08 bits per heavy atom. The quantitative estimate of drug-likeness (QED) is 0.00778. The van der Waals surface area contributed by atoms with Gasteiger partial charge in [0, 0.05) is 128 Å². The SMILES string of the molecule is CC(C)CN(C[C@@H](O)[C@H](Cc1ccccc1)NC(=O)O[C@H]1CCOC1)S(=O)(=O)c1ccc([N+](=O)[O-])cc1.CC(C)CN(C[C@@H](OC(=O)CCCCO)[C@H](Cc1ccccc1)NC(=O)O[C@H]1CCOC1)S(=O)(=O)c1ccc([N+](=O)[O-])cc1.CCC1O[C@@H](OCCCCC(=O)O[C@H](CN(CC(C)C)S(=O)(=O)c2ccc([N+](=O)[O-])cc2)[C@H](Cc2ccccc2)NC(=O)O[C@H]2CCOC2)C(C)[C@@H](OC(C)=O)[C@@H]1OC(C)=O. The van der Waals surface area contributed by atoms with E-state index in [1.165, 1.54) is 30.3 Å². The molecule has 4 aliphatic rings. The first kappa shape index (κ1) is 116. The molecule has 42 nitrogen and oxygen atoms in total. The van der Waals surface area contributed by atoms with Gasteiger partial charge in [-0.15, -0.1) is 0 Å². The lowest BCUT2D eigenvalue weighted by atomic mass is 9.90. The van der Waals surface area contributed by atoms with E-state index in [1.54, 1.807) is 6.92 Å². The van der Waals surface area contributed by atoms with Crippen molar-refractivity contribution in [2.45, 2.75) is 247 Å². The Balaban J connectivity index is 0.000000270. The maximum absolute atomic E-state index is 14.2. The number of non-ortho nitro benzene ring substituents is 3. The van der Waals surface area contributed by atoms with Crippen LogP contribution in [0.5, 0.6) is 0 Å². The fraction of sp³-hybridized carbons (Fsp3) is 0.557. The van der Waals surface area contributed by atoms with Crippen molar-refractivity contribution in [3.8, 4) is 0 Å². The van der Waals surface area contributed by atoms with Crippen molar-refractivity contribution in [3.63, 3.8) is 0 Å². The number of carbonyl (C=O) groups excluding carboxylic acids is 7. The number of unbranched alkanes of at least 4 members (excludes halogenated alkanes) is 2. The number of aliphatic hydroxyl groups is 2. The van der Waals surface area contributed by atoms with Crippen LogP contribution in [0.25, 0.3) is 0 Å².